The van der Waals surface area contributed by atoms with E-state index in [1.165, 1.54) is 0 Å². The first-order valence-electron chi connectivity index (χ1n) is 11.3. The highest BCUT2D eigenvalue weighted by molar-refractivity contribution is 7.92. The van der Waals surface area contributed by atoms with Gasteiger partial charge in [-0.15, -0.1) is 0 Å². The lowest BCUT2D eigenvalue weighted by Gasteiger charge is -2.31. The van der Waals surface area contributed by atoms with Crippen molar-refractivity contribution in [3.63, 3.8) is 0 Å². The van der Waals surface area contributed by atoms with E-state index in [1.807, 2.05) is 24.3 Å². The fraction of sp³-hybridized carbons (Fsp3) is 0.308. The van der Waals surface area contributed by atoms with Gasteiger partial charge in [0.25, 0.3) is 0 Å². The van der Waals surface area contributed by atoms with Gasteiger partial charge in [0.1, 0.15) is 0 Å². The molecule has 2 N–H and O–H groups in total. The van der Waals surface area contributed by atoms with Crippen molar-refractivity contribution in [2.75, 3.05) is 24.2 Å². The molecular weight excluding hydrogens is 468 g/mol. The monoisotopic (exact) mass is 498 g/mol. The molecule has 0 bridgehead atoms. The van der Waals surface area contributed by atoms with Crippen molar-refractivity contribution in [3.8, 4) is 11.1 Å². The lowest BCUT2D eigenvalue weighted by Crippen LogP contribution is -2.32. The van der Waals surface area contributed by atoms with Crippen LogP contribution in [0.4, 0.5) is 5.69 Å². The number of anilines is 1. The van der Waals surface area contributed by atoms with Gasteiger partial charge in [-0.2, -0.15) is 0 Å². The van der Waals surface area contributed by atoms with Gasteiger partial charge in [0, 0.05) is 17.1 Å². The maximum atomic E-state index is 13.1. The molecule has 2 aromatic rings. The van der Waals surface area contributed by atoms with Crippen molar-refractivity contribution in [1.29, 1.82) is 0 Å². The third kappa shape index (κ3) is 5.92. The molecule has 1 aliphatic rings. The zero-order valence-corrected chi connectivity index (χ0v) is 21.3. The minimum atomic E-state index is -3.41. The Bertz CT molecular complexity index is 1250. The summed E-state index contributed by atoms with van der Waals surface area (Å²) < 4.78 is 36.3. The van der Waals surface area contributed by atoms with Gasteiger partial charge in [-0.3, -0.25) is 4.72 Å². The Labute approximate surface area is 206 Å². The first-order chi connectivity index (χ1) is 16.6. The van der Waals surface area contributed by atoms with Gasteiger partial charge in [-0.1, -0.05) is 36.4 Å². The van der Waals surface area contributed by atoms with Crippen LogP contribution < -0.4 is 10.0 Å². The Morgan fingerprint density at radius 2 is 1.40 bits per heavy atom. The smallest absolute Gasteiger partial charge is 0.336 e. The molecule has 0 atom stereocenters. The van der Waals surface area contributed by atoms with Gasteiger partial charge in [0.15, 0.2) is 0 Å². The second kappa shape index (κ2) is 10.8. The van der Waals surface area contributed by atoms with E-state index in [9.17, 15) is 18.0 Å². The van der Waals surface area contributed by atoms with Crippen LogP contribution in [-0.2, 0) is 29.1 Å². The number of dihydropyridines is 1. The topological polar surface area (TPSA) is 111 Å². The summed E-state index contributed by atoms with van der Waals surface area (Å²) in [6, 6.07) is 14.4. The van der Waals surface area contributed by atoms with E-state index in [0.717, 1.165) is 22.9 Å². The van der Waals surface area contributed by atoms with Gasteiger partial charge < -0.3 is 14.8 Å². The highest BCUT2D eigenvalue weighted by atomic mass is 32.2. The molecule has 0 radical (unpaired) electrons. The summed E-state index contributed by atoms with van der Waals surface area (Å²) in [5.74, 6) is -1.75. The van der Waals surface area contributed by atoms with E-state index >= 15 is 0 Å². The van der Waals surface area contributed by atoms with Crippen LogP contribution in [0.3, 0.4) is 0 Å². The Morgan fingerprint density at radius 3 is 1.89 bits per heavy atom. The molecule has 3 rings (SSSR count). The second-order valence-electron chi connectivity index (χ2n) is 8.12. The molecule has 0 amide bonds. The highest BCUT2D eigenvalue weighted by Crippen LogP contribution is 2.43. The Kier molecular flexibility index (Phi) is 8.01. The molecule has 1 heterocycles. The van der Waals surface area contributed by atoms with Crippen molar-refractivity contribution in [1.82, 2.24) is 5.32 Å². The van der Waals surface area contributed by atoms with Gasteiger partial charge in [0.05, 0.1) is 36.5 Å². The standard InChI is InChI=1S/C26H30N2O6S/c1-6-33-25(29)22-16(3)27-17(4)23(26(30)34-7-2)24(22)21-11-9-8-10-20(21)18-12-14-19(15-13-18)28-35(5,31)32/h8-15,24,27-28H,6-7H2,1-5H3. The maximum absolute atomic E-state index is 13.1. The normalized spacial score (nSPS) is 14.4. The molecule has 186 valence electrons. The summed E-state index contributed by atoms with van der Waals surface area (Å²) in [6.07, 6.45) is 1.09. The fourth-order valence-electron chi connectivity index (χ4n) is 4.21. The molecule has 0 fully saturated rings. The highest BCUT2D eigenvalue weighted by Gasteiger charge is 2.39. The third-order valence-electron chi connectivity index (χ3n) is 5.52. The number of ether oxygens (including phenoxy) is 2. The molecule has 2 aromatic carbocycles. The molecular formula is C26H30N2O6S. The van der Waals surface area contributed by atoms with E-state index in [4.69, 9.17) is 9.47 Å². The molecule has 1 aliphatic heterocycles. The van der Waals surface area contributed by atoms with Crippen LogP contribution in [0.2, 0.25) is 0 Å². The first kappa shape index (κ1) is 26.0. The molecule has 0 aromatic heterocycles. The van der Waals surface area contributed by atoms with Crippen molar-refractivity contribution in [3.05, 3.63) is 76.6 Å². The predicted molar refractivity (Wildman–Crippen MR) is 135 cm³/mol. The molecule has 9 heteroatoms. The number of rotatable bonds is 8. The van der Waals surface area contributed by atoms with Crippen molar-refractivity contribution < 1.29 is 27.5 Å². The maximum Gasteiger partial charge on any atom is 0.336 e. The Balaban J connectivity index is 2.20. The van der Waals surface area contributed by atoms with E-state index in [0.29, 0.717) is 28.2 Å². The zero-order valence-electron chi connectivity index (χ0n) is 20.5. The van der Waals surface area contributed by atoms with Crippen LogP contribution in [0.25, 0.3) is 11.1 Å². The number of allylic oxidation sites excluding steroid dienone is 2. The van der Waals surface area contributed by atoms with E-state index in [1.54, 1.807) is 52.0 Å². The Hall–Kier alpha value is -3.59. The first-order valence-corrected chi connectivity index (χ1v) is 13.2. The summed E-state index contributed by atoms with van der Waals surface area (Å²) in [7, 11) is -3.41. The zero-order chi connectivity index (χ0) is 25.8. The SMILES string of the molecule is CCOC(=O)C1=C(C)NC(C)=C(C(=O)OCC)C1c1ccccc1-c1ccc(NS(C)(=O)=O)cc1. The van der Waals surface area contributed by atoms with E-state index < -0.39 is 27.9 Å². The van der Waals surface area contributed by atoms with Crippen LogP contribution in [0.5, 0.6) is 0 Å². The van der Waals surface area contributed by atoms with Gasteiger partial charge in [-0.05, 0) is 56.5 Å². The van der Waals surface area contributed by atoms with Crippen molar-refractivity contribution in [2.45, 2.75) is 33.6 Å². The minimum absolute atomic E-state index is 0.191. The molecule has 0 spiro atoms. The molecule has 8 nitrogen and oxygen atoms in total. The molecule has 0 aliphatic carbocycles. The number of hydrogen-bond donors (Lipinski definition) is 2. The largest absolute Gasteiger partial charge is 0.463 e. The predicted octanol–water partition coefficient (Wildman–Crippen LogP) is 4.09. The molecule has 35 heavy (non-hydrogen) atoms. The summed E-state index contributed by atoms with van der Waals surface area (Å²) in [4.78, 5) is 26.2. The molecule has 0 unspecified atom stereocenters. The average molecular weight is 499 g/mol. The molecule has 0 saturated carbocycles. The van der Waals surface area contributed by atoms with Crippen molar-refractivity contribution >= 4 is 27.6 Å². The summed E-state index contributed by atoms with van der Waals surface area (Å²) in [6.45, 7) is 7.39. The minimum Gasteiger partial charge on any atom is -0.463 e. The van der Waals surface area contributed by atoms with Crippen LogP contribution in [0, 0.1) is 0 Å². The number of benzene rings is 2. The second-order valence-corrected chi connectivity index (χ2v) is 9.86. The number of carbonyl (C=O) groups excluding carboxylic acids is 2. The van der Waals surface area contributed by atoms with E-state index in [-0.39, 0.29) is 13.2 Å². The van der Waals surface area contributed by atoms with Gasteiger partial charge in [-0.25, -0.2) is 18.0 Å². The van der Waals surface area contributed by atoms with Crippen molar-refractivity contribution in [2.24, 2.45) is 0 Å². The fourth-order valence-corrected chi connectivity index (χ4v) is 4.77. The summed E-state index contributed by atoms with van der Waals surface area (Å²) in [5.41, 5.74) is 4.60. The van der Waals surface area contributed by atoms with Gasteiger partial charge >= 0.3 is 11.9 Å². The van der Waals surface area contributed by atoms with E-state index in [2.05, 4.69) is 10.0 Å². The number of esters is 2. The number of sulfonamides is 1. The lowest BCUT2D eigenvalue weighted by atomic mass is 9.77. The van der Waals surface area contributed by atoms with Gasteiger partial charge in [0.2, 0.25) is 10.0 Å². The Morgan fingerprint density at radius 1 is 0.886 bits per heavy atom. The number of hydrogen-bond acceptors (Lipinski definition) is 7. The number of nitrogens with one attached hydrogen (secondary N) is 2. The summed E-state index contributed by atoms with van der Waals surface area (Å²) in [5, 5.41) is 3.14. The lowest BCUT2D eigenvalue weighted by molar-refractivity contribution is -0.139. The van der Waals surface area contributed by atoms with Crippen LogP contribution in [0.15, 0.2) is 71.1 Å². The van der Waals surface area contributed by atoms with Crippen LogP contribution in [0.1, 0.15) is 39.2 Å². The van der Waals surface area contributed by atoms with Crippen LogP contribution in [-0.4, -0.2) is 39.8 Å². The third-order valence-corrected chi connectivity index (χ3v) is 6.13. The average Bonchev–Trinajstić information content (AvgIpc) is 2.78. The number of carbonyl (C=O) groups is 2. The molecule has 0 saturated heterocycles. The summed E-state index contributed by atoms with van der Waals surface area (Å²) >= 11 is 0. The van der Waals surface area contributed by atoms with Crippen LogP contribution >= 0.6 is 0 Å². The quantitative estimate of drug-likeness (QED) is 0.528.